The summed E-state index contributed by atoms with van der Waals surface area (Å²) >= 11 is 0. The van der Waals surface area contributed by atoms with E-state index in [-0.39, 0.29) is 30.0 Å². The first-order valence-corrected chi connectivity index (χ1v) is 8.13. The Labute approximate surface area is 139 Å². The zero-order valence-electron chi connectivity index (χ0n) is 13.3. The third kappa shape index (κ3) is 3.72. The van der Waals surface area contributed by atoms with Crippen LogP contribution >= 0.6 is 0 Å². The molecule has 1 atom stereocenters. The van der Waals surface area contributed by atoms with E-state index in [0.717, 1.165) is 0 Å². The lowest BCUT2D eigenvalue weighted by molar-refractivity contribution is -0.140. The largest absolute Gasteiger partial charge is 0.344 e. The van der Waals surface area contributed by atoms with Crippen LogP contribution < -0.4 is 5.32 Å². The number of nitrogens with zero attached hydrogens (tertiary/aromatic N) is 2. The number of hydrogen-bond donors (Lipinski definition) is 1. The monoisotopic (exact) mass is 333 g/mol. The van der Waals surface area contributed by atoms with E-state index in [4.69, 9.17) is 0 Å². The number of nitrogens with one attached hydrogen (secondary N) is 1. The summed E-state index contributed by atoms with van der Waals surface area (Å²) in [6.45, 7) is 1.83. The Kier molecular flexibility index (Phi) is 4.78. The Hall–Kier alpha value is -2.44. The lowest BCUT2D eigenvalue weighted by Gasteiger charge is -2.36. The van der Waals surface area contributed by atoms with E-state index in [2.05, 4.69) is 5.32 Å². The van der Waals surface area contributed by atoms with Gasteiger partial charge >= 0.3 is 0 Å². The maximum Gasteiger partial charge on any atom is 0.245 e. The summed E-state index contributed by atoms with van der Waals surface area (Å²) in [5.74, 6) is -0.577. The van der Waals surface area contributed by atoms with E-state index in [1.54, 1.807) is 21.9 Å². The Bertz CT molecular complexity index is 656. The van der Waals surface area contributed by atoms with Crippen molar-refractivity contribution < 1.29 is 18.8 Å². The van der Waals surface area contributed by atoms with Gasteiger partial charge in [-0.05, 0) is 24.1 Å². The van der Waals surface area contributed by atoms with Gasteiger partial charge in [0.15, 0.2) is 0 Å². The number of hydrogen-bond acceptors (Lipinski definition) is 3. The number of benzene rings is 1. The molecular weight excluding hydrogens is 313 g/mol. The van der Waals surface area contributed by atoms with Gasteiger partial charge in [0.25, 0.3) is 0 Å². The number of halogens is 1. The van der Waals surface area contributed by atoms with Crippen LogP contribution in [-0.2, 0) is 20.8 Å². The van der Waals surface area contributed by atoms with Gasteiger partial charge in [-0.1, -0.05) is 12.1 Å². The standard InChI is InChI=1S/C17H20FN3O3/c18-13-3-1-2-12(10-13)11-16(23)20-6-8-21(9-7-20)17(24)14-4-5-15(22)19-14/h1-3,10,14H,4-9,11H2,(H,19,22). The maximum absolute atomic E-state index is 13.2. The van der Waals surface area contributed by atoms with E-state index in [9.17, 15) is 18.8 Å². The van der Waals surface area contributed by atoms with Gasteiger partial charge in [0, 0.05) is 32.6 Å². The second-order valence-corrected chi connectivity index (χ2v) is 6.17. The van der Waals surface area contributed by atoms with E-state index in [0.29, 0.717) is 44.6 Å². The number of amides is 3. The molecule has 0 bridgehead atoms. The second kappa shape index (κ2) is 6.98. The summed E-state index contributed by atoms with van der Waals surface area (Å²) in [4.78, 5) is 39.2. The van der Waals surface area contributed by atoms with Gasteiger partial charge in [0.2, 0.25) is 17.7 Å². The number of carbonyl (C=O) groups is 3. The van der Waals surface area contributed by atoms with Crippen molar-refractivity contribution in [3.8, 4) is 0 Å². The van der Waals surface area contributed by atoms with E-state index in [1.807, 2.05) is 0 Å². The lowest BCUT2D eigenvalue weighted by Crippen LogP contribution is -2.54. The number of piperazine rings is 1. The molecule has 0 spiro atoms. The van der Waals surface area contributed by atoms with Crippen molar-refractivity contribution in [1.29, 1.82) is 0 Å². The molecule has 6 nitrogen and oxygen atoms in total. The molecule has 0 radical (unpaired) electrons. The highest BCUT2D eigenvalue weighted by Crippen LogP contribution is 2.13. The Balaban J connectivity index is 1.50. The Morgan fingerprint density at radius 1 is 1.17 bits per heavy atom. The molecule has 2 saturated heterocycles. The van der Waals surface area contributed by atoms with Crippen molar-refractivity contribution in [3.63, 3.8) is 0 Å². The lowest BCUT2D eigenvalue weighted by atomic mass is 10.1. The molecule has 0 aliphatic carbocycles. The summed E-state index contributed by atoms with van der Waals surface area (Å²) in [5, 5.41) is 2.68. The zero-order valence-corrected chi connectivity index (χ0v) is 13.3. The second-order valence-electron chi connectivity index (χ2n) is 6.17. The smallest absolute Gasteiger partial charge is 0.245 e. The fourth-order valence-electron chi connectivity index (χ4n) is 3.13. The fraction of sp³-hybridized carbons (Fsp3) is 0.471. The van der Waals surface area contributed by atoms with Crippen molar-refractivity contribution in [3.05, 3.63) is 35.6 Å². The molecule has 1 aromatic rings. The summed E-state index contributed by atoms with van der Waals surface area (Å²) in [7, 11) is 0. The molecule has 1 unspecified atom stereocenters. The SMILES string of the molecule is O=C1CCC(C(=O)N2CCN(C(=O)Cc3cccc(F)c3)CC2)N1. The molecule has 24 heavy (non-hydrogen) atoms. The Morgan fingerprint density at radius 3 is 2.50 bits per heavy atom. The normalized spacial score (nSPS) is 20.9. The van der Waals surface area contributed by atoms with Gasteiger partial charge in [-0.25, -0.2) is 4.39 Å². The molecule has 2 heterocycles. The molecule has 1 N–H and O–H groups in total. The average Bonchev–Trinajstić information content (AvgIpc) is 3.01. The highest BCUT2D eigenvalue weighted by atomic mass is 19.1. The molecule has 128 valence electrons. The van der Waals surface area contributed by atoms with E-state index >= 15 is 0 Å². The first-order valence-electron chi connectivity index (χ1n) is 8.13. The predicted molar refractivity (Wildman–Crippen MR) is 84.4 cm³/mol. The molecule has 1 aromatic carbocycles. The van der Waals surface area contributed by atoms with E-state index in [1.165, 1.54) is 12.1 Å². The van der Waals surface area contributed by atoms with Crippen LogP contribution in [0.25, 0.3) is 0 Å². The first kappa shape index (κ1) is 16.4. The quantitative estimate of drug-likeness (QED) is 0.866. The van der Waals surface area contributed by atoms with Crippen molar-refractivity contribution in [2.24, 2.45) is 0 Å². The highest BCUT2D eigenvalue weighted by molar-refractivity contribution is 5.91. The van der Waals surface area contributed by atoms with Gasteiger partial charge in [0.05, 0.1) is 6.42 Å². The summed E-state index contributed by atoms with van der Waals surface area (Å²) in [5.41, 5.74) is 0.646. The van der Waals surface area contributed by atoms with Gasteiger partial charge < -0.3 is 15.1 Å². The van der Waals surface area contributed by atoms with Crippen LogP contribution in [0.3, 0.4) is 0 Å². The molecule has 2 aliphatic heterocycles. The average molecular weight is 333 g/mol. The molecular formula is C17H20FN3O3. The van der Waals surface area contributed by atoms with Crippen LogP contribution in [0.1, 0.15) is 18.4 Å². The highest BCUT2D eigenvalue weighted by Gasteiger charge is 2.32. The van der Waals surface area contributed by atoms with Crippen LogP contribution in [0.15, 0.2) is 24.3 Å². The minimum atomic E-state index is -0.424. The van der Waals surface area contributed by atoms with Crippen molar-refractivity contribution in [2.75, 3.05) is 26.2 Å². The van der Waals surface area contributed by atoms with Crippen LogP contribution in [0, 0.1) is 5.82 Å². The van der Waals surface area contributed by atoms with Crippen LogP contribution in [-0.4, -0.2) is 59.7 Å². The van der Waals surface area contributed by atoms with Gasteiger partial charge in [-0.15, -0.1) is 0 Å². The number of rotatable bonds is 3. The third-order valence-electron chi connectivity index (χ3n) is 4.48. The summed E-state index contributed by atoms with van der Waals surface area (Å²) in [6, 6.07) is 5.60. The summed E-state index contributed by atoms with van der Waals surface area (Å²) < 4.78 is 13.2. The topological polar surface area (TPSA) is 69.7 Å². The van der Waals surface area contributed by atoms with Crippen molar-refractivity contribution >= 4 is 17.7 Å². The van der Waals surface area contributed by atoms with Crippen LogP contribution in [0.5, 0.6) is 0 Å². The van der Waals surface area contributed by atoms with Gasteiger partial charge in [0.1, 0.15) is 11.9 Å². The maximum atomic E-state index is 13.2. The Morgan fingerprint density at radius 2 is 1.88 bits per heavy atom. The molecule has 7 heteroatoms. The minimum Gasteiger partial charge on any atom is -0.344 e. The van der Waals surface area contributed by atoms with E-state index < -0.39 is 6.04 Å². The minimum absolute atomic E-state index is 0.0677. The van der Waals surface area contributed by atoms with Crippen LogP contribution in [0.4, 0.5) is 4.39 Å². The van der Waals surface area contributed by atoms with Crippen molar-refractivity contribution in [2.45, 2.75) is 25.3 Å². The van der Waals surface area contributed by atoms with Gasteiger partial charge in [-0.2, -0.15) is 0 Å². The third-order valence-corrected chi connectivity index (χ3v) is 4.48. The molecule has 0 saturated carbocycles. The summed E-state index contributed by atoms with van der Waals surface area (Å²) in [6.07, 6.45) is 1.09. The molecule has 2 fully saturated rings. The fourth-order valence-corrected chi connectivity index (χ4v) is 3.13. The molecule has 3 rings (SSSR count). The predicted octanol–water partition coefficient (Wildman–Crippen LogP) is 0.318. The zero-order chi connectivity index (χ0) is 17.1. The molecule has 2 aliphatic rings. The van der Waals surface area contributed by atoms with Crippen LogP contribution in [0.2, 0.25) is 0 Å². The first-order chi connectivity index (χ1) is 11.5. The molecule has 3 amide bonds. The van der Waals surface area contributed by atoms with Crippen molar-refractivity contribution in [1.82, 2.24) is 15.1 Å². The number of carbonyl (C=O) groups excluding carboxylic acids is 3. The van der Waals surface area contributed by atoms with Gasteiger partial charge in [-0.3, -0.25) is 14.4 Å². The molecule has 0 aromatic heterocycles.